The van der Waals surface area contributed by atoms with E-state index in [-0.39, 0.29) is 105 Å². The van der Waals surface area contributed by atoms with Crippen molar-refractivity contribution in [3.63, 3.8) is 0 Å². The molecule has 3 aliphatic rings. The van der Waals surface area contributed by atoms with Crippen LogP contribution in [0, 0.1) is 35.3 Å². The highest BCUT2D eigenvalue weighted by atomic mass is 32.1. The Balaban J connectivity index is 0.637. The molecule has 0 spiro atoms. The van der Waals surface area contributed by atoms with Crippen molar-refractivity contribution < 1.29 is 73.1 Å². The average Bonchev–Trinajstić information content (AvgIpc) is 1.65. The molecule has 0 aliphatic heterocycles. The van der Waals surface area contributed by atoms with Crippen LogP contribution in [-0.2, 0) is 52.5 Å². The maximum Gasteiger partial charge on any atom is 0.480 e. The lowest BCUT2D eigenvalue weighted by atomic mass is 9.93. The molecular weight excluding hydrogens is 1560 g/mol. The Morgan fingerprint density at radius 3 is 0.965 bits per heavy atom. The maximum absolute atomic E-state index is 15.3. The van der Waals surface area contributed by atoms with Crippen LogP contribution < -0.4 is 16.0 Å². The summed E-state index contributed by atoms with van der Waals surface area (Å²) in [4.78, 5) is 67.0. The fourth-order valence-corrected chi connectivity index (χ4v) is 17.0. The normalized spacial score (nSPS) is 18.5. The van der Waals surface area contributed by atoms with Crippen molar-refractivity contribution in [1.82, 2.24) is 88.6 Å². The molecule has 41 heteroatoms. The van der Waals surface area contributed by atoms with Gasteiger partial charge in [0.1, 0.15) is 66.3 Å². The number of phosphoric ester groups is 1. The Morgan fingerprint density at radius 2 is 0.690 bits per heavy atom. The number of nitrogens with zero attached hydrogens (tertiary/aromatic N) is 18. The summed E-state index contributed by atoms with van der Waals surface area (Å²) in [6, 6.07) is 5.10. The van der Waals surface area contributed by atoms with Crippen molar-refractivity contribution in [2.45, 2.75) is 154 Å². The smallest absolute Gasteiger partial charge is 0.379 e. The number of nitrogens with one attached hydrogen (secondary N) is 3. The lowest BCUT2D eigenvalue weighted by Gasteiger charge is -2.28. The molecule has 12 aromatic heterocycles. The molecule has 3 saturated carbocycles. The number of ether oxygens (including phenoxy) is 3. The number of phosphoric acid groups is 1. The van der Waals surface area contributed by atoms with E-state index < -0.39 is 81.0 Å². The van der Waals surface area contributed by atoms with Crippen molar-refractivity contribution >= 4 is 76.6 Å². The van der Waals surface area contributed by atoms with E-state index in [4.69, 9.17) is 27.8 Å². The van der Waals surface area contributed by atoms with Crippen LogP contribution in [0.2, 0.25) is 0 Å². The lowest BCUT2D eigenvalue weighted by Crippen LogP contribution is -2.24. The van der Waals surface area contributed by atoms with Gasteiger partial charge in [-0.2, -0.15) is 43.8 Å². The average molecular weight is 1630 g/mol. The number of thiazole rings is 3. The molecule has 15 rings (SSSR count). The van der Waals surface area contributed by atoms with Gasteiger partial charge in [0, 0.05) is 89.8 Å². The quantitative estimate of drug-likeness (QED) is 0.0214. The molecule has 0 aromatic carbocycles. The van der Waals surface area contributed by atoms with Crippen LogP contribution >= 0.6 is 41.8 Å². The second-order valence-electron chi connectivity index (χ2n) is 26.7. The van der Waals surface area contributed by atoms with Gasteiger partial charge in [-0.15, -0.1) is 34.0 Å². The van der Waals surface area contributed by atoms with Crippen LogP contribution in [-0.4, -0.2) is 144 Å². The molecule has 113 heavy (non-hydrogen) atoms. The molecule has 0 radical (unpaired) electrons. The van der Waals surface area contributed by atoms with E-state index in [9.17, 15) is 32.1 Å². The molecule has 3 fully saturated rings. The first kappa shape index (κ1) is 77.9. The van der Waals surface area contributed by atoms with Crippen molar-refractivity contribution in [2.75, 3.05) is 35.8 Å². The number of carbonyl (C=O) groups excluding carboxylic acids is 3. The molecule has 3 N–H and O–H groups in total. The fraction of sp³-hybridized carbons (Fsp3) is 0.375. The third-order valence-electron chi connectivity index (χ3n) is 19.2. The molecule has 0 unspecified atom stereocenters. The number of rotatable bonds is 30. The molecule has 3 aliphatic carbocycles. The number of pyridine rings is 3. The molecule has 3 amide bonds. The number of anilines is 3. The number of halogens is 6. The van der Waals surface area contributed by atoms with Crippen molar-refractivity contribution in [2.24, 2.45) is 0 Å². The van der Waals surface area contributed by atoms with Gasteiger partial charge in [-0.1, -0.05) is 0 Å². The van der Waals surface area contributed by atoms with Gasteiger partial charge < -0.3 is 30.2 Å². The van der Waals surface area contributed by atoms with E-state index >= 15 is 13.2 Å². The number of amides is 3. The second-order valence-corrected chi connectivity index (χ2v) is 30.9. The van der Waals surface area contributed by atoms with Crippen LogP contribution in [0.1, 0.15) is 147 Å². The summed E-state index contributed by atoms with van der Waals surface area (Å²) < 4.78 is 149. The van der Waals surface area contributed by atoms with Gasteiger partial charge in [0.2, 0.25) is 17.8 Å². The lowest BCUT2D eigenvalue weighted by molar-refractivity contribution is 0.0258. The third-order valence-corrected chi connectivity index (χ3v) is 23.2. The zero-order chi connectivity index (χ0) is 78.4. The van der Waals surface area contributed by atoms with E-state index in [1.165, 1.54) is 67.4 Å². The van der Waals surface area contributed by atoms with Crippen LogP contribution in [0.15, 0.2) is 108 Å². The number of carbonyl (C=O) groups is 3. The highest BCUT2D eigenvalue weighted by Crippen LogP contribution is 2.51. The van der Waals surface area contributed by atoms with Crippen molar-refractivity contribution in [1.29, 1.82) is 0 Å². The molecule has 0 bridgehead atoms. The van der Waals surface area contributed by atoms with E-state index in [1.54, 1.807) is 32.6 Å². The Bertz CT molecular complexity index is 4920. The topological polar surface area (TPSA) is 344 Å². The third kappa shape index (κ3) is 18.1. The minimum atomic E-state index is -4.73. The summed E-state index contributed by atoms with van der Waals surface area (Å²) in [5.74, 6) is -7.42. The Labute approximate surface area is 651 Å². The minimum Gasteiger partial charge on any atom is -0.379 e. The molecule has 0 atom stereocenters. The Kier molecular flexibility index (Phi) is 23.8. The molecule has 12 aromatic rings. The summed E-state index contributed by atoms with van der Waals surface area (Å²) in [6.45, 7) is 5.86. The van der Waals surface area contributed by atoms with Crippen molar-refractivity contribution in [3.8, 4) is 65.9 Å². The summed E-state index contributed by atoms with van der Waals surface area (Å²) in [7, 11) is -4.73. The van der Waals surface area contributed by atoms with E-state index in [1.807, 2.05) is 20.8 Å². The number of aromatic nitrogens is 18. The predicted octanol–water partition coefficient (Wildman–Crippen LogP) is 15.0. The zero-order valence-electron chi connectivity index (χ0n) is 60.7. The maximum atomic E-state index is 15.3. The summed E-state index contributed by atoms with van der Waals surface area (Å²) >= 11 is 3.29. The SMILES string of the molecule is CCOC1CCC(n2cc(NC(=O)c3csc(-c4cnn(COP(=O)(OCn5cc(-c6nc(C(=O)Nc7cn(C8CCC(OCC)CC8)nc7-c7nc(F)ccc7F)cs6)cn5)OCn5cc(-c6nc(C(=O)Nc7cn(C8CCC(OCC)CC8)nc7-c7nc(F)ccc7F)cs6)cn5)c4)n3)c(-c3nc(F)ccc3F)n2)CC1. The molecule has 31 nitrogen and oxygen atoms in total. The first-order valence-corrected chi connectivity index (χ1v) is 40.4. The molecular formula is C72H72F6N21O10PS3. The van der Waals surface area contributed by atoms with Crippen LogP contribution in [0.4, 0.5) is 43.4 Å². The molecule has 590 valence electrons. The molecule has 12 heterocycles. The van der Waals surface area contributed by atoms with Gasteiger partial charge >= 0.3 is 7.82 Å². The van der Waals surface area contributed by atoms with E-state index in [2.05, 4.69) is 76.4 Å². The van der Waals surface area contributed by atoms with Gasteiger partial charge in [0.15, 0.2) is 37.6 Å². The fourth-order valence-electron chi connectivity index (χ4n) is 13.7. The largest absolute Gasteiger partial charge is 0.480 e. The van der Waals surface area contributed by atoms with E-state index in [0.29, 0.717) is 90.1 Å². The monoisotopic (exact) mass is 1630 g/mol. The highest BCUT2D eigenvalue weighted by molar-refractivity contribution is 7.48. The van der Waals surface area contributed by atoms with Gasteiger partial charge in [-0.25, -0.2) is 61.7 Å². The summed E-state index contributed by atoms with van der Waals surface area (Å²) in [6.07, 6.45) is 22.5. The Morgan fingerprint density at radius 1 is 0.407 bits per heavy atom. The van der Waals surface area contributed by atoms with Crippen molar-refractivity contribution in [3.05, 3.63) is 161 Å². The minimum absolute atomic E-state index is 0.0331. The predicted molar refractivity (Wildman–Crippen MR) is 400 cm³/mol. The first-order chi connectivity index (χ1) is 54.8. The standard InChI is InChI=1S/C72H72F6N21O10PS3/c1-4-104-46-13-7-43(8-14-46)97-31-52(64(91-97)61-49(73)19-22-58(76)88-61)82-67(100)55-34-111-70(85-55)40-25-79-94(28-40)37-107-110(103,108-38-95-29-41(26-80-95)71-86-56(35-112-71)68(101)83-53-32-98(44-9-15-47(16-10-44)105-5-2)92-65(53)62-50(74)20-23-59(77)89-62)109-39-96-30-42(27-81-96)72-87-57(36-113-72)69(102)84-54-33-99(45-11-17-48(18-12-45)106-6-3)93-66(54)63-51(75)21-24-60(78)90-63/h19-36,43-48H,4-18,37-39H2,1-3H3,(H,82,100)(H,83,101)(H,84,102). The van der Waals surface area contributed by atoms with Gasteiger partial charge in [0.05, 0.1) is 72.1 Å². The highest BCUT2D eigenvalue weighted by Gasteiger charge is 2.34. The number of hydrogen-bond donors (Lipinski definition) is 3. The zero-order valence-corrected chi connectivity index (χ0v) is 64.0. The first-order valence-electron chi connectivity index (χ1n) is 36.3. The summed E-state index contributed by atoms with van der Waals surface area (Å²) in [5, 5.41) is 40.8. The van der Waals surface area contributed by atoms with Gasteiger partial charge in [-0.3, -0.25) is 42.0 Å². The summed E-state index contributed by atoms with van der Waals surface area (Å²) in [5.41, 5.74) is -0.0346. The van der Waals surface area contributed by atoms with Crippen LogP contribution in [0.25, 0.3) is 65.9 Å². The van der Waals surface area contributed by atoms with Crippen LogP contribution in [0.5, 0.6) is 0 Å². The van der Waals surface area contributed by atoms with Gasteiger partial charge in [-0.05, 0) is 134 Å². The van der Waals surface area contributed by atoms with Gasteiger partial charge in [0.25, 0.3) is 17.7 Å². The Hall–Kier alpha value is -10.4. The van der Waals surface area contributed by atoms with Crippen LogP contribution in [0.3, 0.4) is 0 Å². The number of hydrogen-bond acceptors (Lipinski definition) is 25. The molecule has 0 saturated heterocycles. The van der Waals surface area contributed by atoms with E-state index in [0.717, 1.165) is 109 Å². The second kappa shape index (κ2) is 34.5.